The largest absolute Gasteiger partial charge is 0.339 e. The zero-order chi connectivity index (χ0) is 27.4. The summed E-state index contributed by atoms with van der Waals surface area (Å²) in [5, 5.41) is 9.85. The Bertz CT molecular complexity index is 1240. The first-order valence-corrected chi connectivity index (χ1v) is 13.5. The lowest BCUT2D eigenvalue weighted by atomic mass is 9.80. The number of carbonyl (C=O) groups excluding carboxylic acids is 3. The number of likely N-dealkylation sites (N-methyl/N-ethyl adjacent to an activating group) is 1. The highest BCUT2D eigenvalue weighted by Gasteiger charge is 2.64. The molecule has 2 saturated heterocycles. The number of hydrogen-bond donors (Lipinski definition) is 1. The number of likely N-dealkylation sites (tertiary alicyclic amines) is 1. The van der Waals surface area contributed by atoms with Crippen molar-refractivity contribution in [1.82, 2.24) is 9.80 Å². The van der Waals surface area contributed by atoms with Crippen molar-refractivity contribution in [2.24, 2.45) is 5.73 Å². The fraction of sp³-hybridized carbons (Fsp3) is 0.429. The van der Waals surface area contributed by atoms with Gasteiger partial charge >= 0.3 is 6.03 Å². The van der Waals surface area contributed by atoms with E-state index >= 15 is 0 Å². The Balaban J connectivity index is 1.65. The number of nitrogens with two attached hydrogens (primary N) is 1. The third-order valence-corrected chi connectivity index (χ3v) is 7.99. The number of benzene rings is 2. The van der Waals surface area contributed by atoms with Crippen LogP contribution in [0.5, 0.6) is 0 Å². The molecule has 0 saturated carbocycles. The number of nitriles is 1. The zero-order valence-corrected chi connectivity index (χ0v) is 22.8. The van der Waals surface area contributed by atoms with Crippen molar-refractivity contribution in [2.45, 2.75) is 50.0 Å². The summed E-state index contributed by atoms with van der Waals surface area (Å²) in [4.78, 5) is 45.2. The van der Waals surface area contributed by atoms with Gasteiger partial charge in [-0.1, -0.05) is 54.6 Å². The van der Waals surface area contributed by atoms with E-state index in [4.69, 9.17) is 28.9 Å². The number of unbranched alkanes of at least 4 members (excludes halogenated alkanes) is 4. The number of hydrogen-bond acceptors (Lipinski definition) is 5. The van der Waals surface area contributed by atoms with Crippen molar-refractivity contribution < 1.29 is 14.4 Å². The smallest absolute Gasteiger partial charge is 0.332 e. The molecule has 2 aromatic rings. The van der Waals surface area contributed by atoms with E-state index in [-0.39, 0.29) is 24.7 Å². The van der Waals surface area contributed by atoms with Crippen molar-refractivity contribution in [3.8, 4) is 6.07 Å². The normalized spacial score (nSPS) is 21.0. The first kappa shape index (κ1) is 27.9. The number of rotatable bonds is 9. The van der Waals surface area contributed by atoms with Crippen LogP contribution in [0, 0.1) is 11.3 Å². The van der Waals surface area contributed by atoms with Crippen LogP contribution in [0.2, 0.25) is 10.0 Å². The molecule has 0 bridgehead atoms. The van der Waals surface area contributed by atoms with E-state index in [0.29, 0.717) is 28.6 Å². The quantitative estimate of drug-likeness (QED) is 0.348. The summed E-state index contributed by atoms with van der Waals surface area (Å²) >= 11 is 12.4. The molecule has 1 unspecified atom stereocenters. The van der Waals surface area contributed by atoms with Gasteiger partial charge in [-0.25, -0.2) is 9.69 Å². The molecule has 0 aromatic heterocycles. The summed E-state index contributed by atoms with van der Waals surface area (Å²) in [6.45, 7) is 1.03. The van der Waals surface area contributed by atoms with Crippen LogP contribution in [0.25, 0.3) is 0 Å². The topological polar surface area (TPSA) is 111 Å². The molecule has 4 rings (SSSR count). The van der Waals surface area contributed by atoms with Crippen LogP contribution in [0.4, 0.5) is 10.5 Å². The van der Waals surface area contributed by atoms with Gasteiger partial charge in [0.25, 0.3) is 5.91 Å². The number of halogens is 2. The summed E-state index contributed by atoms with van der Waals surface area (Å²) in [5.74, 6) is -0.961. The molecule has 0 aliphatic carbocycles. The van der Waals surface area contributed by atoms with Gasteiger partial charge in [0, 0.05) is 36.0 Å². The maximum absolute atomic E-state index is 14.2. The van der Waals surface area contributed by atoms with Crippen molar-refractivity contribution in [3.05, 3.63) is 63.6 Å². The fourth-order valence-electron chi connectivity index (χ4n) is 5.50. The number of amides is 4. The van der Waals surface area contributed by atoms with Gasteiger partial charge in [-0.15, -0.1) is 0 Å². The second-order valence-corrected chi connectivity index (χ2v) is 10.8. The molecule has 2 aliphatic heterocycles. The van der Waals surface area contributed by atoms with E-state index in [1.54, 1.807) is 36.2 Å². The van der Waals surface area contributed by atoms with Gasteiger partial charge in [0.2, 0.25) is 5.91 Å². The highest BCUT2D eigenvalue weighted by atomic mass is 35.5. The Labute approximate surface area is 232 Å². The van der Waals surface area contributed by atoms with Gasteiger partial charge in [0.05, 0.1) is 23.9 Å². The molecular weight excluding hydrogens is 525 g/mol. The zero-order valence-electron chi connectivity index (χ0n) is 21.3. The van der Waals surface area contributed by atoms with E-state index in [9.17, 15) is 19.6 Å². The molecule has 38 heavy (non-hydrogen) atoms. The summed E-state index contributed by atoms with van der Waals surface area (Å²) in [5.41, 5.74) is 5.79. The Hall–Kier alpha value is -3.12. The molecule has 0 radical (unpaired) electrons. The van der Waals surface area contributed by atoms with Gasteiger partial charge < -0.3 is 15.5 Å². The SMILES string of the molecule is CN1C(=O)N(c2cc(Cl)cc(Cl)c2)C(=O)[C@]12CN(C(=O)CCCCCCCN)CC2c1ccc(C#N)cc1. The summed E-state index contributed by atoms with van der Waals surface area (Å²) in [6, 6.07) is 13.1. The Morgan fingerprint density at radius 1 is 1.05 bits per heavy atom. The number of nitrogens with zero attached hydrogens (tertiary/aromatic N) is 4. The van der Waals surface area contributed by atoms with E-state index in [2.05, 4.69) is 6.07 Å². The lowest BCUT2D eigenvalue weighted by Crippen LogP contribution is -2.54. The molecule has 2 N–H and O–H groups in total. The van der Waals surface area contributed by atoms with Gasteiger partial charge in [-0.2, -0.15) is 5.26 Å². The Morgan fingerprint density at radius 3 is 2.32 bits per heavy atom. The van der Waals surface area contributed by atoms with Crippen LogP contribution < -0.4 is 10.6 Å². The van der Waals surface area contributed by atoms with Gasteiger partial charge in [0.15, 0.2) is 0 Å². The van der Waals surface area contributed by atoms with Gasteiger partial charge in [0.1, 0.15) is 5.54 Å². The summed E-state index contributed by atoms with van der Waals surface area (Å²) in [7, 11) is 1.59. The molecule has 2 aromatic carbocycles. The Kier molecular flexibility index (Phi) is 8.61. The molecule has 8 nitrogen and oxygen atoms in total. The molecule has 2 heterocycles. The second kappa shape index (κ2) is 11.7. The minimum atomic E-state index is -1.31. The minimum absolute atomic E-state index is 0.0442. The maximum atomic E-state index is 14.2. The number of carbonyl (C=O) groups is 3. The highest BCUT2D eigenvalue weighted by molar-refractivity contribution is 6.35. The fourth-order valence-corrected chi connectivity index (χ4v) is 6.02. The predicted octanol–water partition coefficient (Wildman–Crippen LogP) is 4.93. The van der Waals surface area contributed by atoms with Crippen LogP contribution in [0.15, 0.2) is 42.5 Å². The lowest BCUT2D eigenvalue weighted by Gasteiger charge is -2.33. The average molecular weight is 556 g/mol. The molecule has 2 fully saturated rings. The number of anilines is 1. The average Bonchev–Trinajstić information content (AvgIpc) is 3.39. The van der Waals surface area contributed by atoms with E-state index in [1.165, 1.54) is 23.1 Å². The van der Waals surface area contributed by atoms with E-state index < -0.39 is 23.4 Å². The molecule has 2 aliphatic rings. The predicted molar refractivity (Wildman–Crippen MR) is 147 cm³/mol. The first-order valence-electron chi connectivity index (χ1n) is 12.8. The van der Waals surface area contributed by atoms with Crippen LogP contribution in [-0.4, -0.2) is 59.9 Å². The van der Waals surface area contributed by atoms with E-state index in [1.807, 2.05) is 0 Å². The second-order valence-electron chi connectivity index (χ2n) is 9.90. The minimum Gasteiger partial charge on any atom is -0.339 e. The van der Waals surface area contributed by atoms with Crippen molar-refractivity contribution in [3.63, 3.8) is 0 Å². The molecule has 200 valence electrons. The number of imide groups is 1. The van der Waals surface area contributed by atoms with E-state index in [0.717, 1.165) is 42.6 Å². The molecule has 2 atom stereocenters. The molecule has 4 amide bonds. The summed E-state index contributed by atoms with van der Waals surface area (Å²) < 4.78 is 0. The molecule has 10 heteroatoms. The molecule has 1 spiro atoms. The highest BCUT2D eigenvalue weighted by Crippen LogP contribution is 2.46. The first-order chi connectivity index (χ1) is 18.2. The van der Waals surface area contributed by atoms with Crippen molar-refractivity contribution >= 4 is 46.7 Å². The standard InChI is InChI=1S/C28H31Cl2N5O3/c1-33-27(38)35(23-14-21(29)13-22(30)15-23)26(37)28(33)18-34(25(36)7-5-3-2-4-6-12-31)17-24(28)20-10-8-19(16-32)9-11-20/h8-11,13-15,24H,2-7,12,17-18,31H2,1H3/t24?,28-/m1/s1. The summed E-state index contributed by atoms with van der Waals surface area (Å²) in [6.07, 6.45) is 5.11. The van der Waals surface area contributed by atoms with Gasteiger partial charge in [-0.3, -0.25) is 9.59 Å². The van der Waals surface area contributed by atoms with Crippen molar-refractivity contribution in [2.75, 3.05) is 31.6 Å². The van der Waals surface area contributed by atoms with Crippen LogP contribution >= 0.6 is 23.2 Å². The van der Waals surface area contributed by atoms with Gasteiger partial charge in [-0.05, 0) is 55.3 Å². The van der Waals surface area contributed by atoms with Crippen LogP contribution in [-0.2, 0) is 9.59 Å². The van der Waals surface area contributed by atoms with Crippen LogP contribution in [0.1, 0.15) is 55.6 Å². The third kappa shape index (κ3) is 5.24. The van der Waals surface area contributed by atoms with Crippen molar-refractivity contribution in [1.29, 1.82) is 5.26 Å². The lowest BCUT2D eigenvalue weighted by molar-refractivity contribution is -0.131. The Morgan fingerprint density at radius 2 is 1.68 bits per heavy atom. The molecular formula is C28H31Cl2N5O3. The maximum Gasteiger partial charge on any atom is 0.332 e. The number of urea groups is 1. The van der Waals surface area contributed by atoms with Crippen LogP contribution in [0.3, 0.4) is 0 Å². The monoisotopic (exact) mass is 555 g/mol. The third-order valence-electron chi connectivity index (χ3n) is 7.56.